The number of carbonyl (C=O) groups excluding carboxylic acids is 2. The lowest BCUT2D eigenvalue weighted by Crippen LogP contribution is -2.29. The number of carbonyl (C=O) groups is 2. The molecular weight excluding hydrogens is 434 g/mol. The second-order valence-electron chi connectivity index (χ2n) is 6.92. The molecule has 1 fully saturated rings. The van der Waals surface area contributed by atoms with Crippen LogP contribution in [0.4, 0.5) is 5.13 Å². The molecule has 4 aromatic rings. The minimum absolute atomic E-state index is 0.0136. The fourth-order valence-electron chi connectivity index (χ4n) is 3.64. The van der Waals surface area contributed by atoms with E-state index in [4.69, 9.17) is 11.6 Å². The Morgan fingerprint density at radius 2 is 1.77 bits per heavy atom. The van der Waals surface area contributed by atoms with Crippen LogP contribution in [0.15, 0.2) is 78.6 Å². The van der Waals surface area contributed by atoms with E-state index in [2.05, 4.69) is 9.97 Å². The smallest absolute Gasteiger partial charge is 0.301 e. The second-order valence-corrected chi connectivity index (χ2v) is 8.37. The van der Waals surface area contributed by atoms with E-state index in [-0.39, 0.29) is 11.3 Å². The van der Waals surface area contributed by atoms with Gasteiger partial charge in [0.25, 0.3) is 5.78 Å². The molecule has 0 bridgehead atoms. The number of anilines is 1. The van der Waals surface area contributed by atoms with Crippen molar-refractivity contribution in [3.8, 4) is 0 Å². The summed E-state index contributed by atoms with van der Waals surface area (Å²) in [7, 11) is 0. The Balaban J connectivity index is 1.73. The summed E-state index contributed by atoms with van der Waals surface area (Å²) in [4.78, 5) is 36.1. The topological polar surface area (TPSA) is 83.4 Å². The van der Waals surface area contributed by atoms with Gasteiger partial charge in [0.05, 0.1) is 21.8 Å². The van der Waals surface area contributed by atoms with Crippen LogP contribution < -0.4 is 4.90 Å². The Morgan fingerprint density at radius 1 is 1.03 bits per heavy atom. The molecule has 1 unspecified atom stereocenters. The van der Waals surface area contributed by atoms with Crippen molar-refractivity contribution < 1.29 is 14.7 Å². The van der Waals surface area contributed by atoms with Gasteiger partial charge in [-0.3, -0.25) is 19.5 Å². The van der Waals surface area contributed by atoms with Crippen LogP contribution >= 0.6 is 22.9 Å². The van der Waals surface area contributed by atoms with Crippen molar-refractivity contribution in [2.45, 2.75) is 6.04 Å². The molecule has 8 heteroatoms. The first-order valence-electron chi connectivity index (χ1n) is 9.37. The van der Waals surface area contributed by atoms with Gasteiger partial charge in [0.2, 0.25) is 0 Å². The zero-order valence-corrected chi connectivity index (χ0v) is 17.5. The minimum atomic E-state index is -0.814. The maximum atomic E-state index is 13.1. The van der Waals surface area contributed by atoms with E-state index in [1.165, 1.54) is 28.6 Å². The highest BCUT2D eigenvalue weighted by atomic mass is 35.5. The van der Waals surface area contributed by atoms with Crippen molar-refractivity contribution in [3.05, 3.63) is 94.8 Å². The lowest BCUT2D eigenvalue weighted by molar-refractivity contribution is -0.132. The van der Waals surface area contributed by atoms with Gasteiger partial charge in [-0.25, -0.2) is 4.98 Å². The summed E-state index contributed by atoms with van der Waals surface area (Å²) in [6.07, 6.45) is 3.03. The van der Waals surface area contributed by atoms with Gasteiger partial charge in [0.1, 0.15) is 5.76 Å². The Hall–Kier alpha value is -3.55. The Kier molecular flexibility index (Phi) is 4.77. The van der Waals surface area contributed by atoms with Crippen LogP contribution in [0.1, 0.15) is 17.2 Å². The first kappa shape index (κ1) is 19.4. The summed E-state index contributed by atoms with van der Waals surface area (Å²) in [6.45, 7) is 0. The molecule has 5 rings (SSSR count). The predicted octanol–water partition coefficient (Wildman–Crippen LogP) is 4.97. The SMILES string of the molecule is O=C1C(=O)N(c2nc3ccc(Cl)cc3s2)C(c2ccccc2)/C1=C(\O)c1ccncc1. The molecule has 6 nitrogen and oxygen atoms in total. The average Bonchev–Trinajstić information content (AvgIpc) is 3.32. The van der Waals surface area contributed by atoms with Crippen LogP contribution in [0, 0.1) is 0 Å². The lowest BCUT2D eigenvalue weighted by Gasteiger charge is -2.22. The molecule has 1 saturated heterocycles. The maximum absolute atomic E-state index is 13.1. The van der Waals surface area contributed by atoms with Crippen LogP contribution in [-0.4, -0.2) is 26.8 Å². The first-order chi connectivity index (χ1) is 15.0. The molecule has 1 atom stereocenters. The van der Waals surface area contributed by atoms with Crippen molar-refractivity contribution in [2.24, 2.45) is 0 Å². The number of hydrogen-bond donors (Lipinski definition) is 1. The molecule has 0 radical (unpaired) electrons. The van der Waals surface area contributed by atoms with E-state index in [0.29, 0.717) is 26.8 Å². The number of aromatic nitrogens is 2. The second kappa shape index (κ2) is 7.61. The third-order valence-electron chi connectivity index (χ3n) is 5.06. The number of aliphatic hydroxyl groups is 1. The quantitative estimate of drug-likeness (QED) is 0.272. The average molecular weight is 448 g/mol. The lowest BCUT2D eigenvalue weighted by atomic mass is 9.96. The number of rotatable bonds is 3. The molecule has 1 amide bonds. The molecule has 1 N–H and O–H groups in total. The fraction of sp³-hybridized carbons (Fsp3) is 0.0435. The van der Waals surface area contributed by atoms with Gasteiger partial charge in [-0.15, -0.1) is 0 Å². The number of amides is 1. The van der Waals surface area contributed by atoms with Crippen molar-refractivity contribution in [3.63, 3.8) is 0 Å². The molecule has 31 heavy (non-hydrogen) atoms. The molecule has 1 aliphatic heterocycles. The third kappa shape index (κ3) is 3.28. The highest BCUT2D eigenvalue weighted by molar-refractivity contribution is 7.22. The summed E-state index contributed by atoms with van der Waals surface area (Å²) >= 11 is 7.36. The van der Waals surface area contributed by atoms with Crippen LogP contribution in [0.25, 0.3) is 16.0 Å². The van der Waals surface area contributed by atoms with Crippen LogP contribution in [0.2, 0.25) is 5.02 Å². The number of Topliss-reactive ketones (excluding diaryl/α,β-unsaturated/α-hetero) is 1. The van der Waals surface area contributed by atoms with E-state index in [1.54, 1.807) is 30.3 Å². The number of aliphatic hydroxyl groups excluding tert-OH is 1. The van der Waals surface area contributed by atoms with E-state index in [9.17, 15) is 14.7 Å². The molecule has 0 spiro atoms. The highest BCUT2D eigenvalue weighted by Crippen LogP contribution is 2.44. The molecule has 0 saturated carbocycles. The number of fused-ring (bicyclic) bond motifs is 1. The molecule has 1 aliphatic rings. The van der Waals surface area contributed by atoms with Crippen LogP contribution in [0.5, 0.6) is 0 Å². The van der Waals surface area contributed by atoms with E-state index < -0.39 is 17.7 Å². The summed E-state index contributed by atoms with van der Waals surface area (Å²) in [5.74, 6) is -1.75. The Labute approximate surface area is 186 Å². The van der Waals surface area contributed by atoms with Crippen LogP contribution in [-0.2, 0) is 9.59 Å². The minimum Gasteiger partial charge on any atom is -0.507 e. The van der Waals surface area contributed by atoms with Gasteiger partial charge in [0, 0.05) is 23.0 Å². The predicted molar refractivity (Wildman–Crippen MR) is 120 cm³/mol. The number of ketones is 1. The summed E-state index contributed by atoms with van der Waals surface area (Å²) < 4.78 is 0.797. The van der Waals surface area contributed by atoms with E-state index >= 15 is 0 Å². The summed E-state index contributed by atoms with van der Waals surface area (Å²) in [5, 5.41) is 11.9. The highest BCUT2D eigenvalue weighted by Gasteiger charge is 2.48. The Morgan fingerprint density at radius 3 is 2.52 bits per heavy atom. The van der Waals surface area contributed by atoms with Crippen LogP contribution in [0.3, 0.4) is 0 Å². The maximum Gasteiger partial charge on any atom is 0.301 e. The number of nitrogens with zero attached hydrogens (tertiary/aromatic N) is 3. The fourth-order valence-corrected chi connectivity index (χ4v) is 4.90. The molecule has 0 aliphatic carbocycles. The largest absolute Gasteiger partial charge is 0.507 e. The monoisotopic (exact) mass is 447 g/mol. The normalized spacial score (nSPS) is 18.1. The van der Waals surface area contributed by atoms with E-state index in [1.807, 2.05) is 30.3 Å². The van der Waals surface area contributed by atoms with Crippen molar-refractivity contribution in [1.29, 1.82) is 0 Å². The van der Waals surface area contributed by atoms with E-state index in [0.717, 1.165) is 4.70 Å². The summed E-state index contributed by atoms with van der Waals surface area (Å²) in [5.41, 5.74) is 1.78. The first-order valence-corrected chi connectivity index (χ1v) is 10.6. The van der Waals surface area contributed by atoms with Gasteiger partial charge >= 0.3 is 5.91 Å². The number of benzene rings is 2. The van der Waals surface area contributed by atoms with Crippen molar-refractivity contribution >= 4 is 55.7 Å². The molecule has 2 aromatic carbocycles. The number of hydrogen-bond acceptors (Lipinski definition) is 6. The number of thiazole rings is 1. The van der Waals surface area contributed by atoms with Gasteiger partial charge in [0.15, 0.2) is 5.13 Å². The van der Waals surface area contributed by atoms with Gasteiger partial charge in [-0.05, 0) is 35.9 Å². The van der Waals surface area contributed by atoms with Crippen molar-refractivity contribution in [1.82, 2.24) is 9.97 Å². The molecule has 152 valence electrons. The molecule has 2 aromatic heterocycles. The zero-order valence-electron chi connectivity index (χ0n) is 15.9. The molecule has 3 heterocycles. The zero-order chi connectivity index (χ0) is 21.5. The standard InChI is InChI=1S/C23H14ClN3O3S/c24-15-6-7-16-17(12-15)31-23(26-16)27-19(13-4-2-1-3-5-13)18(21(29)22(27)30)20(28)14-8-10-25-11-9-14/h1-12,19,28H/b20-18+. The van der Waals surface area contributed by atoms with Gasteiger partial charge < -0.3 is 5.11 Å². The Bertz CT molecular complexity index is 1350. The summed E-state index contributed by atoms with van der Waals surface area (Å²) in [6, 6.07) is 16.7. The third-order valence-corrected chi connectivity index (χ3v) is 6.31. The number of pyridine rings is 1. The van der Waals surface area contributed by atoms with Gasteiger partial charge in [-0.1, -0.05) is 53.3 Å². The van der Waals surface area contributed by atoms with Gasteiger partial charge in [-0.2, -0.15) is 0 Å². The number of halogens is 1. The van der Waals surface area contributed by atoms with Crippen molar-refractivity contribution in [2.75, 3.05) is 4.90 Å². The molecular formula is C23H14ClN3O3S.